The Balaban J connectivity index is 1.59. The maximum atomic E-state index is 9.95. The smallest absolute Gasteiger partial charge is 0.133 e. The van der Waals surface area contributed by atoms with Crippen LogP contribution in [0.15, 0.2) is 22.7 Å². The Morgan fingerprint density at radius 3 is 2.86 bits per heavy atom. The first-order valence-corrected chi connectivity index (χ1v) is 8.72. The van der Waals surface area contributed by atoms with Gasteiger partial charge in [0.15, 0.2) is 0 Å². The zero-order valence-corrected chi connectivity index (χ0v) is 14.4. The van der Waals surface area contributed by atoms with Gasteiger partial charge in [0.05, 0.1) is 4.47 Å². The molecule has 1 aromatic carbocycles. The van der Waals surface area contributed by atoms with Gasteiger partial charge in [0.25, 0.3) is 0 Å². The van der Waals surface area contributed by atoms with Crippen molar-refractivity contribution in [1.29, 1.82) is 0 Å². The summed E-state index contributed by atoms with van der Waals surface area (Å²) in [5.41, 5.74) is 1.18. The molecule has 118 valence electrons. The van der Waals surface area contributed by atoms with Gasteiger partial charge in [-0.05, 0) is 59.4 Å². The van der Waals surface area contributed by atoms with Gasteiger partial charge < -0.3 is 15.2 Å². The molecule has 0 bridgehead atoms. The maximum absolute atomic E-state index is 9.95. The van der Waals surface area contributed by atoms with Crippen molar-refractivity contribution >= 4 is 15.9 Å². The Labute approximate surface area is 136 Å². The van der Waals surface area contributed by atoms with Crippen molar-refractivity contribution in [3.63, 3.8) is 0 Å². The number of benzene rings is 1. The lowest BCUT2D eigenvalue weighted by Crippen LogP contribution is -2.32. The lowest BCUT2D eigenvalue weighted by molar-refractivity contribution is 0.106. The third-order valence-electron chi connectivity index (χ3n) is 4.10. The highest BCUT2D eigenvalue weighted by Gasteiger charge is 2.14. The minimum Gasteiger partial charge on any atom is -0.490 e. The van der Waals surface area contributed by atoms with Gasteiger partial charge in [0, 0.05) is 6.54 Å². The summed E-state index contributed by atoms with van der Waals surface area (Å²) in [5.74, 6) is 1.68. The summed E-state index contributed by atoms with van der Waals surface area (Å²) < 4.78 is 6.58. The summed E-state index contributed by atoms with van der Waals surface area (Å²) in [6.07, 6.45) is 6.32. The molecule has 0 heterocycles. The monoisotopic (exact) mass is 355 g/mol. The summed E-state index contributed by atoms with van der Waals surface area (Å²) in [6, 6.07) is 5.95. The molecule has 0 spiro atoms. The van der Waals surface area contributed by atoms with Crippen molar-refractivity contribution < 1.29 is 9.84 Å². The fourth-order valence-electron chi connectivity index (χ4n) is 2.84. The van der Waals surface area contributed by atoms with Crippen LogP contribution in [-0.4, -0.2) is 30.9 Å². The minimum atomic E-state index is -0.471. The molecule has 1 aliphatic rings. The van der Waals surface area contributed by atoms with Gasteiger partial charge >= 0.3 is 0 Å². The summed E-state index contributed by atoms with van der Waals surface area (Å²) in [4.78, 5) is 0. The van der Waals surface area contributed by atoms with Crippen molar-refractivity contribution in [3.8, 4) is 5.75 Å². The Kier molecular flexibility index (Phi) is 7.00. The van der Waals surface area contributed by atoms with Crippen molar-refractivity contribution in [1.82, 2.24) is 5.32 Å². The number of hydrogen-bond acceptors (Lipinski definition) is 3. The molecule has 1 aromatic rings. The van der Waals surface area contributed by atoms with Gasteiger partial charge in [0.2, 0.25) is 0 Å². The third kappa shape index (κ3) is 5.97. The highest BCUT2D eigenvalue weighted by molar-refractivity contribution is 9.10. The molecule has 1 fully saturated rings. The summed E-state index contributed by atoms with van der Waals surface area (Å²) in [7, 11) is 0. The van der Waals surface area contributed by atoms with Crippen LogP contribution in [0.25, 0.3) is 0 Å². The molecule has 1 atom stereocenters. The van der Waals surface area contributed by atoms with Gasteiger partial charge in [0.1, 0.15) is 18.5 Å². The lowest BCUT2D eigenvalue weighted by atomic mass is 10.0. The largest absolute Gasteiger partial charge is 0.490 e. The number of aliphatic hydroxyl groups excluding tert-OH is 1. The van der Waals surface area contributed by atoms with E-state index in [0.717, 1.165) is 22.7 Å². The Hall–Kier alpha value is -0.580. The number of halogens is 1. The van der Waals surface area contributed by atoms with E-state index < -0.39 is 6.10 Å². The second-order valence-corrected chi connectivity index (χ2v) is 6.90. The van der Waals surface area contributed by atoms with E-state index >= 15 is 0 Å². The fraction of sp³-hybridized carbons (Fsp3) is 0.647. The van der Waals surface area contributed by atoms with Crippen LogP contribution in [0.5, 0.6) is 5.75 Å². The van der Waals surface area contributed by atoms with Crippen LogP contribution in [-0.2, 0) is 0 Å². The first kappa shape index (κ1) is 16.8. The normalized spacial score (nSPS) is 17.1. The molecule has 0 radical (unpaired) electrons. The number of nitrogens with one attached hydrogen (secondary N) is 1. The van der Waals surface area contributed by atoms with Crippen LogP contribution < -0.4 is 10.1 Å². The Bertz CT molecular complexity index is 433. The average Bonchev–Trinajstić information content (AvgIpc) is 2.96. The first-order valence-electron chi connectivity index (χ1n) is 7.93. The molecular formula is C17H26BrNO2. The number of ether oxygens (including phenoxy) is 1. The molecule has 0 aromatic heterocycles. The topological polar surface area (TPSA) is 41.5 Å². The molecule has 21 heavy (non-hydrogen) atoms. The van der Waals surface area contributed by atoms with Crippen LogP contribution in [0.2, 0.25) is 0 Å². The first-order chi connectivity index (χ1) is 10.1. The molecule has 2 N–H and O–H groups in total. The van der Waals surface area contributed by atoms with Crippen molar-refractivity contribution in [2.45, 2.75) is 45.1 Å². The molecule has 3 nitrogen and oxygen atoms in total. The second-order valence-electron chi connectivity index (χ2n) is 6.04. The molecule has 4 heteroatoms. The van der Waals surface area contributed by atoms with Gasteiger partial charge in [-0.3, -0.25) is 0 Å². The van der Waals surface area contributed by atoms with E-state index in [2.05, 4.69) is 21.2 Å². The quantitative estimate of drug-likeness (QED) is 0.699. The minimum absolute atomic E-state index is 0.318. The summed E-state index contributed by atoms with van der Waals surface area (Å²) in [5, 5.41) is 13.3. The van der Waals surface area contributed by atoms with Crippen LogP contribution in [0.4, 0.5) is 0 Å². The van der Waals surface area contributed by atoms with Crippen LogP contribution >= 0.6 is 15.9 Å². The van der Waals surface area contributed by atoms with Crippen LogP contribution in [0.1, 0.15) is 37.7 Å². The van der Waals surface area contributed by atoms with Crippen LogP contribution in [0.3, 0.4) is 0 Å². The molecule has 1 aliphatic carbocycles. The highest BCUT2D eigenvalue weighted by atomic mass is 79.9. The van der Waals surface area contributed by atoms with Crippen molar-refractivity contribution in [2.75, 3.05) is 19.7 Å². The summed E-state index contributed by atoms with van der Waals surface area (Å²) in [6.45, 7) is 3.95. The van der Waals surface area contributed by atoms with E-state index in [-0.39, 0.29) is 0 Å². The van der Waals surface area contributed by atoms with E-state index in [4.69, 9.17) is 4.74 Å². The fourth-order valence-corrected chi connectivity index (χ4v) is 3.45. The molecule has 1 saturated carbocycles. The molecule has 0 aliphatic heterocycles. The van der Waals surface area contributed by atoms with E-state index in [1.54, 1.807) is 0 Å². The predicted octanol–water partition coefficient (Wildman–Crippen LogP) is 3.67. The third-order valence-corrected chi connectivity index (χ3v) is 4.72. The lowest BCUT2D eigenvalue weighted by Gasteiger charge is -2.15. The highest BCUT2D eigenvalue weighted by Crippen LogP contribution is 2.27. The van der Waals surface area contributed by atoms with Crippen molar-refractivity contribution in [2.24, 2.45) is 5.92 Å². The predicted molar refractivity (Wildman–Crippen MR) is 89.8 cm³/mol. The van der Waals surface area contributed by atoms with Crippen LogP contribution in [0, 0.1) is 12.8 Å². The van der Waals surface area contributed by atoms with E-state index in [0.29, 0.717) is 13.2 Å². The number of aryl methyl sites for hydroxylation is 1. The number of hydrogen-bond donors (Lipinski definition) is 2. The van der Waals surface area contributed by atoms with E-state index in [1.807, 2.05) is 25.1 Å². The standard InChI is InChI=1S/C17H26BrNO2/c1-13-6-7-17(16(18)10-13)21-12-15(20)11-19-9-8-14-4-2-3-5-14/h6-7,10,14-15,19-20H,2-5,8-9,11-12H2,1H3. The molecular weight excluding hydrogens is 330 g/mol. The number of rotatable bonds is 8. The van der Waals surface area contributed by atoms with Crippen molar-refractivity contribution in [3.05, 3.63) is 28.2 Å². The van der Waals surface area contributed by atoms with E-state index in [9.17, 15) is 5.11 Å². The zero-order valence-electron chi connectivity index (χ0n) is 12.8. The van der Waals surface area contributed by atoms with E-state index in [1.165, 1.54) is 37.7 Å². The van der Waals surface area contributed by atoms with Gasteiger partial charge in [-0.2, -0.15) is 0 Å². The van der Waals surface area contributed by atoms with Gasteiger partial charge in [-0.25, -0.2) is 0 Å². The maximum Gasteiger partial charge on any atom is 0.133 e. The number of aliphatic hydroxyl groups is 1. The Morgan fingerprint density at radius 2 is 2.14 bits per heavy atom. The summed E-state index contributed by atoms with van der Waals surface area (Å²) >= 11 is 3.48. The van der Waals surface area contributed by atoms with Gasteiger partial charge in [-0.15, -0.1) is 0 Å². The molecule has 0 saturated heterocycles. The average molecular weight is 356 g/mol. The SMILES string of the molecule is Cc1ccc(OCC(O)CNCCC2CCCC2)c(Br)c1. The zero-order chi connectivity index (χ0) is 15.1. The second kappa shape index (κ2) is 8.76. The van der Waals surface area contributed by atoms with Gasteiger partial charge in [-0.1, -0.05) is 31.7 Å². The molecule has 2 rings (SSSR count). The Morgan fingerprint density at radius 1 is 1.38 bits per heavy atom. The molecule has 0 amide bonds. The molecule has 1 unspecified atom stereocenters.